The minimum absolute atomic E-state index is 0.350. The lowest BCUT2D eigenvalue weighted by Gasteiger charge is -2.38. The average molecular weight is 251 g/mol. The highest BCUT2D eigenvalue weighted by molar-refractivity contribution is 5.51. The van der Waals surface area contributed by atoms with Gasteiger partial charge < -0.3 is 19.1 Å². The summed E-state index contributed by atoms with van der Waals surface area (Å²) < 4.78 is 16.7. The van der Waals surface area contributed by atoms with Crippen LogP contribution in [0.3, 0.4) is 0 Å². The Kier molecular flexibility index (Phi) is 3.05. The largest absolute Gasteiger partial charge is 0.491 e. The molecule has 2 fully saturated rings. The first-order valence-corrected chi connectivity index (χ1v) is 6.20. The van der Waals surface area contributed by atoms with E-state index in [0.29, 0.717) is 19.0 Å². The van der Waals surface area contributed by atoms with Crippen LogP contribution in [0, 0.1) is 0 Å². The number of methoxy groups -OCH3 is 1. The molecule has 18 heavy (non-hydrogen) atoms. The molecule has 0 aliphatic carbocycles. The van der Waals surface area contributed by atoms with Crippen LogP contribution in [0.1, 0.15) is 12.8 Å². The van der Waals surface area contributed by atoms with Gasteiger partial charge in [0.1, 0.15) is 6.33 Å². The van der Waals surface area contributed by atoms with E-state index < -0.39 is 0 Å². The van der Waals surface area contributed by atoms with Crippen molar-refractivity contribution in [3.8, 4) is 5.75 Å². The fraction of sp³-hybridized carbons (Fsp3) is 0.667. The Morgan fingerprint density at radius 2 is 2.00 bits per heavy atom. The molecule has 0 atom stereocenters. The lowest BCUT2D eigenvalue weighted by atomic mass is 10.0. The summed E-state index contributed by atoms with van der Waals surface area (Å²) in [4.78, 5) is 10.5. The van der Waals surface area contributed by atoms with Crippen LogP contribution in [0.25, 0.3) is 0 Å². The Morgan fingerprint density at radius 3 is 2.67 bits per heavy atom. The van der Waals surface area contributed by atoms with Gasteiger partial charge in [-0.25, -0.2) is 9.97 Å². The molecule has 3 rings (SSSR count). The van der Waals surface area contributed by atoms with Crippen molar-refractivity contribution in [1.29, 1.82) is 0 Å². The summed E-state index contributed by atoms with van der Waals surface area (Å²) in [6.07, 6.45) is 4.96. The second kappa shape index (κ2) is 4.70. The zero-order chi connectivity index (χ0) is 12.4. The molecule has 2 saturated heterocycles. The molecule has 98 valence electrons. The third-order valence-electron chi connectivity index (χ3n) is 3.52. The quantitative estimate of drug-likeness (QED) is 0.776. The smallest absolute Gasteiger partial charge is 0.179 e. The summed E-state index contributed by atoms with van der Waals surface area (Å²) in [5, 5.41) is 0. The second-order valence-electron chi connectivity index (χ2n) is 4.51. The van der Waals surface area contributed by atoms with E-state index in [-0.39, 0.29) is 5.79 Å². The summed E-state index contributed by atoms with van der Waals surface area (Å²) in [5.74, 6) is 1.21. The molecule has 1 aromatic heterocycles. The second-order valence-corrected chi connectivity index (χ2v) is 4.51. The van der Waals surface area contributed by atoms with Gasteiger partial charge in [-0.1, -0.05) is 0 Å². The number of aromatic nitrogens is 2. The highest BCUT2D eigenvalue weighted by atomic mass is 16.7. The van der Waals surface area contributed by atoms with Crippen LogP contribution in [0.15, 0.2) is 12.5 Å². The van der Waals surface area contributed by atoms with Gasteiger partial charge in [-0.3, -0.25) is 0 Å². The number of anilines is 1. The maximum atomic E-state index is 5.71. The van der Waals surface area contributed by atoms with E-state index >= 15 is 0 Å². The van der Waals surface area contributed by atoms with Gasteiger partial charge in [0.15, 0.2) is 17.4 Å². The molecule has 0 bridgehead atoms. The minimum atomic E-state index is -0.350. The summed E-state index contributed by atoms with van der Waals surface area (Å²) >= 11 is 0. The predicted molar refractivity (Wildman–Crippen MR) is 64.7 cm³/mol. The van der Waals surface area contributed by atoms with Crippen LogP contribution in [0.5, 0.6) is 5.75 Å². The highest BCUT2D eigenvalue weighted by Crippen LogP contribution is 2.34. The first kappa shape index (κ1) is 11.7. The highest BCUT2D eigenvalue weighted by Gasteiger charge is 2.40. The zero-order valence-corrected chi connectivity index (χ0v) is 10.5. The molecule has 0 saturated carbocycles. The molecule has 1 aromatic rings. The topological polar surface area (TPSA) is 56.7 Å². The molecular formula is C12H17N3O3. The van der Waals surface area contributed by atoms with Crippen molar-refractivity contribution in [2.75, 3.05) is 38.3 Å². The SMILES string of the molecule is COc1cncnc1N1CCC2(CC1)OCCO2. The van der Waals surface area contributed by atoms with Gasteiger partial charge in [-0.05, 0) is 0 Å². The third kappa shape index (κ3) is 2.02. The predicted octanol–water partition coefficient (Wildman–Crippen LogP) is 0.829. The van der Waals surface area contributed by atoms with Gasteiger partial charge in [0.2, 0.25) is 0 Å². The van der Waals surface area contributed by atoms with E-state index in [0.717, 1.165) is 31.7 Å². The van der Waals surface area contributed by atoms with Gasteiger partial charge in [0.05, 0.1) is 26.5 Å². The average Bonchev–Trinajstić information content (AvgIpc) is 2.88. The molecule has 0 amide bonds. The fourth-order valence-corrected chi connectivity index (χ4v) is 2.54. The van der Waals surface area contributed by atoms with Crippen LogP contribution >= 0.6 is 0 Å². The Morgan fingerprint density at radius 1 is 1.28 bits per heavy atom. The van der Waals surface area contributed by atoms with Gasteiger partial charge in [-0.2, -0.15) is 0 Å². The van der Waals surface area contributed by atoms with Gasteiger partial charge >= 0.3 is 0 Å². The van der Waals surface area contributed by atoms with Crippen molar-refractivity contribution >= 4 is 5.82 Å². The van der Waals surface area contributed by atoms with Crippen LogP contribution in [0.2, 0.25) is 0 Å². The van der Waals surface area contributed by atoms with Crippen LogP contribution in [-0.4, -0.2) is 49.2 Å². The molecule has 0 aromatic carbocycles. The molecule has 0 radical (unpaired) electrons. The number of hydrogen-bond acceptors (Lipinski definition) is 6. The molecule has 0 unspecified atom stereocenters. The van der Waals surface area contributed by atoms with Crippen molar-refractivity contribution < 1.29 is 14.2 Å². The van der Waals surface area contributed by atoms with E-state index in [2.05, 4.69) is 14.9 Å². The van der Waals surface area contributed by atoms with E-state index in [1.165, 1.54) is 0 Å². The van der Waals surface area contributed by atoms with E-state index in [1.807, 2.05) is 0 Å². The van der Waals surface area contributed by atoms with E-state index in [1.54, 1.807) is 19.6 Å². The minimum Gasteiger partial charge on any atom is -0.491 e. The van der Waals surface area contributed by atoms with Crippen molar-refractivity contribution in [2.24, 2.45) is 0 Å². The first-order chi connectivity index (χ1) is 8.83. The van der Waals surface area contributed by atoms with Crippen LogP contribution < -0.4 is 9.64 Å². The molecule has 0 N–H and O–H groups in total. The number of rotatable bonds is 2. The lowest BCUT2D eigenvalue weighted by Crippen LogP contribution is -2.45. The first-order valence-electron chi connectivity index (χ1n) is 6.20. The molecule has 6 nitrogen and oxygen atoms in total. The van der Waals surface area contributed by atoms with Crippen molar-refractivity contribution in [3.63, 3.8) is 0 Å². The lowest BCUT2D eigenvalue weighted by molar-refractivity contribution is -0.169. The monoisotopic (exact) mass is 251 g/mol. The van der Waals surface area contributed by atoms with Crippen LogP contribution in [0.4, 0.5) is 5.82 Å². The molecular weight excluding hydrogens is 234 g/mol. The fourth-order valence-electron chi connectivity index (χ4n) is 2.54. The summed E-state index contributed by atoms with van der Waals surface area (Å²) in [6.45, 7) is 3.12. The molecule has 1 spiro atoms. The molecule has 3 heterocycles. The maximum absolute atomic E-state index is 5.71. The summed E-state index contributed by atoms with van der Waals surface area (Å²) in [6, 6.07) is 0. The van der Waals surface area contributed by atoms with Crippen molar-refractivity contribution in [3.05, 3.63) is 12.5 Å². The number of piperidine rings is 1. The zero-order valence-electron chi connectivity index (χ0n) is 10.5. The Hall–Kier alpha value is -1.40. The Labute approximate surface area is 106 Å². The number of nitrogens with zero attached hydrogens (tertiary/aromatic N) is 3. The molecule has 2 aliphatic heterocycles. The Bertz CT molecular complexity index is 411. The van der Waals surface area contributed by atoms with E-state index in [4.69, 9.17) is 14.2 Å². The summed E-state index contributed by atoms with van der Waals surface area (Å²) in [5.41, 5.74) is 0. The van der Waals surface area contributed by atoms with Gasteiger partial charge in [0.25, 0.3) is 0 Å². The maximum Gasteiger partial charge on any atom is 0.179 e. The Balaban J connectivity index is 1.72. The third-order valence-corrected chi connectivity index (χ3v) is 3.52. The number of hydrogen-bond donors (Lipinski definition) is 0. The molecule has 6 heteroatoms. The number of ether oxygens (including phenoxy) is 3. The normalized spacial score (nSPS) is 22.4. The van der Waals surface area contributed by atoms with Crippen LogP contribution in [-0.2, 0) is 9.47 Å². The van der Waals surface area contributed by atoms with Crippen molar-refractivity contribution in [2.45, 2.75) is 18.6 Å². The van der Waals surface area contributed by atoms with Gasteiger partial charge in [0, 0.05) is 25.9 Å². The summed E-state index contributed by atoms with van der Waals surface area (Å²) in [7, 11) is 1.64. The standard InChI is InChI=1S/C12H17N3O3/c1-16-10-8-13-9-14-11(10)15-4-2-12(3-5-15)17-6-7-18-12/h8-9H,2-7H2,1H3. The van der Waals surface area contributed by atoms with Crippen molar-refractivity contribution in [1.82, 2.24) is 9.97 Å². The van der Waals surface area contributed by atoms with Gasteiger partial charge in [-0.15, -0.1) is 0 Å². The molecule has 2 aliphatic rings. The van der Waals surface area contributed by atoms with E-state index in [9.17, 15) is 0 Å².